The summed E-state index contributed by atoms with van der Waals surface area (Å²) in [6.07, 6.45) is 1.62. The molecule has 2 aromatic rings. The van der Waals surface area contributed by atoms with E-state index >= 15 is 0 Å². The van der Waals surface area contributed by atoms with Gasteiger partial charge >= 0.3 is 0 Å². The van der Waals surface area contributed by atoms with Crippen molar-refractivity contribution >= 4 is 23.4 Å². The van der Waals surface area contributed by atoms with Gasteiger partial charge in [0.15, 0.2) is 5.16 Å². The molecule has 21 heavy (non-hydrogen) atoms. The molecule has 0 fully saturated rings. The zero-order valence-electron chi connectivity index (χ0n) is 11.9. The lowest BCUT2D eigenvalue weighted by Crippen LogP contribution is -2.25. The van der Waals surface area contributed by atoms with Gasteiger partial charge in [-0.15, -0.1) is 16.8 Å². The number of hydrogen-bond donors (Lipinski definition) is 2. The Kier molecular flexibility index (Phi) is 4.79. The minimum absolute atomic E-state index is 0.104. The zero-order chi connectivity index (χ0) is 15.4. The normalized spacial score (nSPS) is 11.0. The number of carbonyl (C=O) groups excluding carboxylic acids is 1. The molecule has 0 aliphatic carbocycles. The molecule has 2 heterocycles. The number of H-pyrrole nitrogens is 1. The molecule has 2 N–H and O–H groups in total. The van der Waals surface area contributed by atoms with Crippen molar-refractivity contribution in [1.29, 1.82) is 0 Å². The van der Waals surface area contributed by atoms with Crippen molar-refractivity contribution in [2.75, 3.05) is 12.3 Å². The van der Waals surface area contributed by atoms with Crippen LogP contribution in [0.15, 0.2) is 28.7 Å². The van der Waals surface area contributed by atoms with E-state index in [4.69, 9.17) is 0 Å². The Morgan fingerprint density at radius 2 is 2.33 bits per heavy atom. The first kappa shape index (κ1) is 15.3. The van der Waals surface area contributed by atoms with Gasteiger partial charge in [0.1, 0.15) is 0 Å². The average Bonchev–Trinajstić information content (AvgIpc) is 2.84. The summed E-state index contributed by atoms with van der Waals surface area (Å²) in [5, 5.41) is 11.3. The van der Waals surface area contributed by atoms with Crippen molar-refractivity contribution in [2.24, 2.45) is 0 Å². The highest BCUT2D eigenvalue weighted by Crippen LogP contribution is 2.20. The van der Waals surface area contributed by atoms with Gasteiger partial charge in [0.05, 0.1) is 5.75 Å². The second-order valence-corrected chi connectivity index (χ2v) is 5.68. The van der Waals surface area contributed by atoms with Crippen LogP contribution in [-0.4, -0.2) is 37.8 Å². The molecule has 2 rings (SSSR count). The second kappa shape index (κ2) is 6.57. The van der Waals surface area contributed by atoms with E-state index in [1.165, 1.54) is 17.8 Å². The molecule has 0 aromatic carbocycles. The van der Waals surface area contributed by atoms with E-state index in [-0.39, 0.29) is 23.1 Å². The van der Waals surface area contributed by atoms with Crippen molar-refractivity contribution < 1.29 is 4.79 Å². The first-order chi connectivity index (χ1) is 10.0. The number of amides is 1. The summed E-state index contributed by atoms with van der Waals surface area (Å²) >= 11 is 1.27. The first-order valence-corrected chi connectivity index (χ1v) is 7.50. The van der Waals surface area contributed by atoms with Gasteiger partial charge in [-0.05, 0) is 5.92 Å². The second-order valence-electron chi connectivity index (χ2n) is 4.74. The maximum atomic E-state index is 11.6. The number of fused-ring (bicyclic) bond motifs is 1. The van der Waals surface area contributed by atoms with E-state index in [0.29, 0.717) is 17.5 Å². The van der Waals surface area contributed by atoms with Crippen molar-refractivity contribution in [3.05, 3.63) is 34.8 Å². The first-order valence-electron chi connectivity index (χ1n) is 6.51. The lowest BCUT2D eigenvalue weighted by Gasteiger charge is -2.09. The number of aromatic amines is 1. The van der Waals surface area contributed by atoms with Crippen LogP contribution < -0.4 is 10.9 Å². The molecule has 1 amide bonds. The fraction of sp³-hybridized carbons (Fsp3) is 0.385. The highest BCUT2D eigenvalue weighted by Gasteiger charge is 2.15. The van der Waals surface area contributed by atoms with E-state index in [0.717, 1.165) is 5.69 Å². The molecule has 0 bridgehead atoms. The number of carbonyl (C=O) groups is 1. The minimum atomic E-state index is -0.209. The molecule has 112 valence electrons. The number of hydrogen-bond acceptors (Lipinski definition) is 5. The van der Waals surface area contributed by atoms with Crippen LogP contribution in [-0.2, 0) is 4.79 Å². The molecule has 0 saturated carbocycles. The summed E-state index contributed by atoms with van der Waals surface area (Å²) in [5.74, 6) is 0.651. The Labute approximate surface area is 125 Å². The molecule has 2 aromatic heterocycles. The fourth-order valence-corrected chi connectivity index (χ4v) is 2.60. The van der Waals surface area contributed by atoms with Crippen molar-refractivity contribution in [3.8, 4) is 0 Å². The van der Waals surface area contributed by atoms with E-state index in [1.54, 1.807) is 10.5 Å². The number of rotatable bonds is 6. The summed E-state index contributed by atoms with van der Waals surface area (Å²) in [6.45, 7) is 7.95. The third-order valence-electron chi connectivity index (χ3n) is 2.77. The van der Waals surface area contributed by atoms with Crippen LogP contribution in [0, 0.1) is 0 Å². The number of nitrogens with one attached hydrogen (secondary N) is 2. The van der Waals surface area contributed by atoms with Crippen LogP contribution in [0.2, 0.25) is 0 Å². The molecule has 0 saturated heterocycles. The summed E-state index contributed by atoms with van der Waals surface area (Å²) < 4.78 is 1.78. The van der Waals surface area contributed by atoms with Crippen LogP contribution in [0.4, 0.5) is 0 Å². The minimum Gasteiger partial charge on any atom is -0.352 e. The predicted molar refractivity (Wildman–Crippen MR) is 81.6 cm³/mol. The molecule has 0 spiro atoms. The highest BCUT2D eigenvalue weighted by atomic mass is 32.2. The quantitative estimate of drug-likeness (QED) is 0.612. The van der Waals surface area contributed by atoms with Crippen LogP contribution in [0.3, 0.4) is 0 Å². The number of nitrogens with zero attached hydrogens (tertiary/aromatic N) is 3. The average molecular weight is 307 g/mol. The van der Waals surface area contributed by atoms with Gasteiger partial charge in [-0.2, -0.15) is 0 Å². The highest BCUT2D eigenvalue weighted by molar-refractivity contribution is 7.99. The largest absolute Gasteiger partial charge is 0.352 e. The molecule has 7 nitrogen and oxygen atoms in total. The maximum Gasteiger partial charge on any atom is 0.252 e. The van der Waals surface area contributed by atoms with Gasteiger partial charge in [-0.3, -0.25) is 19.0 Å². The monoisotopic (exact) mass is 307 g/mol. The standard InChI is InChI=1S/C13H17N5O2S/c1-4-5-14-11(20)7-21-13-17-16-12-15-10(19)6-9(8(2)3)18(12)13/h4,6,8H,1,5,7H2,2-3H3,(H,14,20)(H,15,16,19). The summed E-state index contributed by atoms with van der Waals surface area (Å²) in [4.78, 5) is 25.8. The molecule has 0 aliphatic heterocycles. The fourth-order valence-electron chi connectivity index (χ4n) is 1.81. The van der Waals surface area contributed by atoms with Gasteiger partial charge in [0.25, 0.3) is 5.56 Å². The molecule has 0 aliphatic rings. The third-order valence-corrected chi connectivity index (χ3v) is 3.70. The van der Waals surface area contributed by atoms with Crippen LogP contribution in [0.25, 0.3) is 5.78 Å². The number of aromatic nitrogens is 4. The molecule has 8 heteroatoms. The third kappa shape index (κ3) is 3.52. The summed E-state index contributed by atoms with van der Waals surface area (Å²) in [5.41, 5.74) is 0.603. The molecular weight excluding hydrogens is 290 g/mol. The van der Waals surface area contributed by atoms with Gasteiger partial charge < -0.3 is 5.32 Å². The number of thioether (sulfide) groups is 1. The summed E-state index contributed by atoms with van der Waals surface area (Å²) in [7, 11) is 0. The van der Waals surface area contributed by atoms with Gasteiger partial charge in [-0.1, -0.05) is 31.7 Å². The van der Waals surface area contributed by atoms with E-state index in [1.807, 2.05) is 13.8 Å². The Hall–Kier alpha value is -2.09. The SMILES string of the molecule is C=CCNC(=O)CSc1nnc2[nH]c(=O)cc(C(C)C)n12. The Bertz CT molecular complexity index is 719. The smallest absolute Gasteiger partial charge is 0.252 e. The van der Waals surface area contributed by atoms with E-state index < -0.39 is 0 Å². The lowest BCUT2D eigenvalue weighted by atomic mass is 10.1. The van der Waals surface area contributed by atoms with Crippen molar-refractivity contribution in [2.45, 2.75) is 24.9 Å². The predicted octanol–water partition coefficient (Wildman–Crippen LogP) is 0.935. The van der Waals surface area contributed by atoms with Gasteiger partial charge in [0, 0.05) is 18.3 Å². The molecule has 0 unspecified atom stereocenters. The van der Waals surface area contributed by atoms with E-state index in [9.17, 15) is 9.59 Å². The lowest BCUT2D eigenvalue weighted by molar-refractivity contribution is -0.118. The Balaban J connectivity index is 2.27. The molecule has 0 atom stereocenters. The van der Waals surface area contributed by atoms with Crippen LogP contribution >= 0.6 is 11.8 Å². The molecule has 0 radical (unpaired) electrons. The Morgan fingerprint density at radius 1 is 1.57 bits per heavy atom. The zero-order valence-corrected chi connectivity index (χ0v) is 12.7. The van der Waals surface area contributed by atoms with Gasteiger partial charge in [0.2, 0.25) is 11.7 Å². The summed E-state index contributed by atoms with van der Waals surface area (Å²) in [6, 6.07) is 1.53. The van der Waals surface area contributed by atoms with Crippen LogP contribution in [0.5, 0.6) is 0 Å². The molecular formula is C13H17N5O2S. The van der Waals surface area contributed by atoms with Crippen LogP contribution in [0.1, 0.15) is 25.5 Å². The van der Waals surface area contributed by atoms with Gasteiger partial charge in [-0.25, -0.2) is 0 Å². The maximum absolute atomic E-state index is 11.6. The topological polar surface area (TPSA) is 92.2 Å². The van der Waals surface area contributed by atoms with Crippen molar-refractivity contribution in [1.82, 2.24) is 24.9 Å². The van der Waals surface area contributed by atoms with E-state index in [2.05, 4.69) is 27.1 Å². The van der Waals surface area contributed by atoms with Crippen molar-refractivity contribution in [3.63, 3.8) is 0 Å². The Morgan fingerprint density at radius 3 is 3.00 bits per heavy atom.